The van der Waals surface area contributed by atoms with Crippen LogP contribution in [-0.2, 0) is 54.7 Å². The minimum absolute atomic E-state index is 0.00539. The monoisotopic (exact) mass is 1230 g/mol. The summed E-state index contributed by atoms with van der Waals surface area (Å²) in [4.78, 5) is 77.6. The smallest absolute Gasteiger partial charge is 0.246 e. The number of rotatable bonds is 29. The average Bonchev–Trinajstić information content (AvgIpc) is 4.42. The van der Waals surface area contributed by atoms with Crippen molar-refractivity contribution in [3.8, 4) is 27.3 Å². The number of halogens is 2. The molecule has 26 heteroatoms. The second kappa shape index (κ2) is 30.0. The van der Waals surface area contributed by atoms with E-state index in [9.17, 15) is 32.7 Å². The van der Waals surface area contributed by atoms with Gasteiger partial charge in [0.15, 0.2) is 5.82 Å². The van der Waals surface area contributed by atoms with Crippen LogP contribution in [-0.4, -0.2) is 181 Å². The highest BCUT2D eigenvalue weighted by Crippen LogP contribution is 2.37. The summed E-state index contributed by atoms with van der Waals surface area (Å²) >= 11 is 1.56. The number of aromatic nitrogens is 5. The molecule has 464 valence electrons. The van der Waals surface area contributed by atoms with Gasteiger partial charge in [-0.15, -0.1) is 11.3 Å². The fraction of sp³-hybridized carbons (Fsp3) is 0.500. The molecule has 3 atom stereocenters. The largest absolute Gasteiger partial charge is 0.391 e. The Bertz CT molecular complexity index is 3380. The number of aryl methyl sites for hydroxylation is 1. The number of piperidine rings is 1. The third kappa shape index (κ3) is 16.9. The van der Waals surface area contributed by atoms with Crippen molar-refractivity contribution < 1.29 is 60.4 Å². The number of pyridine rings is 1. The molecule has 4 N–H and O–H groups in total. The van der Waals surface area contributed by atoms with Gasteiger partial charge in [-0.1, -0.05) is 52.0 Å². The molecule has 2 fully saturated rings. The molecule has 0 unspecified atom stereocenters. The van der Waals surface area contributed by atoms with Crippen molar-refractivity contribution in [3.63, 3.8) is 0 Å². The maximum atomic E-state index is 16.1. The number of nitrogens with one attached hydrogen (secondary N) is 3. The number of aliphatic hydroxyl groups is 1. The second-order valence-electron chi connectivity index (χ2n) is 22.4. The molecule has 2 aromatic carbocycles. The number of anilines is 2. The zero-order valence-corrected chi connectivity index (χ0v) is 51.1. The SMILES string of the molecule is CCCS(=O)(=O)Nc1ccc(F)c(-n2cc(-c3cncnc3)c3nc(N(C)C4CCN(C(=O)CCOCCOCCOCCOCCC(=O)N[C@H](C(=O)N5C[C@H](O)C[C@H]5C(=O)NCc5ccc(-c6scnc6C)cc5)C(C)(C)C)CC4)ccc32)c1F. The Balaban J connectivity index is 0.686. The first-order valence-corrected chi connectivity index (χ1v) is 31.4. The first-order chi connectivity index (χ1) is 41.2. The van der Waals surface area contributed by atoms with Gasteiger partial charge in [0.25, 0.3) is 0 Å². The van der Waals surface area contributed by atoms with Crippen LogP contribution in [0.15, 0.2) is 79.0 Å². The van der Waals surface area contributed by atoms with Crippen LogP contribution >= 0.6 is 11.3 Å². The molecule has 2 aliphatic heterocycles. The third-order valence-corrected chi connectivity index (χ3v) is 17.5. The lowest BCUT2D eigenvalue weighted by molar-refractivity contribution is -0.144. The van der Waals surface area contributed by atoms with Gasteiger partial charge in [0.05, 0.1) is 104 Å². The Morgan fingerprint density at radius 3 is 2.15 bits per heavy atom. The minimum atomic E-state index is -3.88. The molecule has 2 saturated heterocycles. The maximum absolute atomic E-state index is 16.1. The van der Waals surface area contributed by atoms with Crippen LogP contribution in [0.5, 0.6) is 0 Å². The lowest BCUT2D eigenvalue weighted by Crippen LogP contribution is -2.57. The number of carbonyl (C=O) groups excluding carboxylic acids is 4. The molecule has 0 saturated carbocycles. The van der Waals surface area contributed by atoms with E-state index in [4.69, 9.17) is 23.9 Å². The average molecular weight is 1230 g/mol. The summed E-state index contributed by atoms with van der Waals surface area (Å²) in [5.41, 5.74) is 4.98. The van der Waals surface area contributed by atoms with E-state index in [0.29, 0.717) is 86.8 Å². The van der Waals surface area contributed by atoms with Crippen molar-refractivity contribution in [2.24, 2.45) is 5.41 Å². The van der Waals surface area contributed by atoms with Crippen LogP contribution in [0.1, 0.15) is 77.5 Å². The number of carbonyl (C=O) groups is 4. The van der Waals surface area contributed by atoms with E-state index in [1.807, 2.05) is 68.8 Å². The number of sulfonamides is 1. The van der Waals surface area contributed by atoms with E-state index < -0.39 is 62.8 Å². The lowest BCUT2D eigenvalue weighted by atomic mass is 9.85. The molecule has 86 heavy (non-hydrogen) atoms. The molecule has 6 aromatic rings. The van der Waals surface area contributed by atoms with Gasteiger partial charge in [0.1, 0.15) is 35.7 Å². The van der Waals surface area contributed by atoms with Gasteiger partial charge in [-0.2, -0.15) is 0 Å². The fourth-order valence-electron chi connectivity index (χ4n) is 10.4. The zero-order chi connectivity index (χ0) is 61.5. The topological polar surface area (TPSA) is 262 Å². The molecule has 8 rings (SSSR count). The molecule has 2 aliphatic rings. The summed E-state index contributed by atoms with van der Waals surface area (Å²) in [5.74, 6) is -2.84. The first-order valence-electron chi connectivity index (χ1n) is 28.9. The number of fused-ring (bicyclic) bond motifs is 1. The molecule has 22 nitrogen and oxygen atoms in total. The normalized spacial score (nSPS) is 16.2. The Kier molecular flexibility index (Phi) is 22.7. The van der Waals surface area contributed by atoms with E-state index in [-0.39, 0.29) is 88.1 Å². The summed E-state index contributed by atoms with van der Waals surface area (Å²) in [5, 5.41) is 16.3. The number of thiazole rings is 1. The van der Waals surface area contributed by atoms with Gasteiger partial charge in [-0.25, -0.2) is 37.1 Å². The summed E-state index contributed by atoms with van der Waals surface area (Å²) in [6.45, 7) is 12.5. The third-order valence-electron chi connectivity index (χ3n) is 15.0. The van der Waals surface area contributed by atoms with Crippen LogP contribution in [0.3, 0.4) is 0 Å². The number of likely N-dealkylation sites (tertiary alicyclic amines) is 2. The summed E-state index contributed by atoms with van der Waals surface area (Å²) < 4.78 is 82.9. The van der Waals surface area contributed by atoms with Crippen LogP contribution < -0.4 is 20.3 Å². The summed E-state index contributed by atoms with van der Waals surface area (Å²) in [6.07, 6.45) is 7.11. The van der Waals surface area contributed by atoms with Crippen molar-refractivity contribution in [1.29, 1.82) is 0 Å². The van der Waals surface area contributed by atoms with E-state index >= 15 is 8.78 Å². The fourth-order valence-corrected chi connectivity index (χ4v) is 12.3. The van der Waals surface area contributed by atoms with E-state index in [1.165, 1.54) is 22.0 Å². The van der Waals surface area contributed by atoms with E-state index in [2.05, 4.69) is 30.3 Å². The van der Waals surface area contributed by atoms with E-state index in [0.717, 1.165) is 33.8 Å². The second-order valence-corrected chi connectivity index (χ2v) is 25.1. The molecular formula is C60H77F2N11O11S2. The van der Waals surface area contributed by atoms with E-state index in [1.54, 1.807) is 48.3 Å². The van der Waals surface area contributed by atoms with Crippen LogP contribution in [0, 0.1) is 24.0 Å². The highest BCUT2D eigenvalue weighted by atomic mass is 32.2. The summed E-state index contributed by atoms with van der Waals surface area (Å²) in [6, 6.07) is 11.6. The van der Waals surface area contributed by atoms with Gasteiger partial charge in [-0.3, -0.25) is 23.9 Å². The van der Waals surface area contributed by atoms with Crippen LogP contribution in [0.2, 0.25) is 0 Å². The van der Waals surface area contributed by atoms with Gasteiger partial charge >= 0.3 is 0 Å². The first kappa shape index (κ1) is 64.9. The number of hydrogen-bond acceptors (Lipinski definition) is 17. The molecule has 0 bridgehead atoms. The predicted molar refractivity (Wildman–Crippen MR) is 322 cm³/mol. The lowest BCUT2D eigenvalue weighted by Gasteiger charge is -2.37. The molecule has 6 heterocycles. The predicted octanol–water partition coefficient (Wildman–Crippen LogP) is 6.43. The van der Waals surface area contributed by atoms with Gasteiger partial charge in [-0.05, 0) is 67.0 Å². The molecule has 4 aromatic heterocycles. The quantitative estimate of drug-likeness (QED) is 0.0369. The molecular weight excluding hydrogens is 1150 g/mol. The Morgan fingerprint density at radius 2 is 1.52 bits per heavy atom. The number of hydrogen-bond donors (Lipinski definition) is 4. The minimum Gasteiger partial charge on any atom is -0.391 e. The molecule has 4 amide bonds. The maximum Gasteiger partial charge on any atom is 0.246 e. The number of ether oxygens (including phenoxy) is 4. The number of β-amino-alcohol motifs (C(OH)–C–C–N with tert-alkyl or cyclic N) is 1. The van der Waals surface area contributed by atoms with Crippen molar-refractivity contribution in [3.05, 3.63) is 102 Å². The van der Waals surface area contributed by atoms with Gasteiger partial charge < -0.3 is 54.0 Å². The van der Waals surface area contributed by atoms with Crippen LogP contribution in [0.4, 0.5) is 20.3 Å². The number of nitrogens with zero attached hydrogens (tertiary/aromatic N) is 8. The Hall–Kier alpha value is -7.07. The van der Waals surface area contributed by atoms with Crippen LogP contribution in [0.25, 0.3) is 38.3 Å². The number of benzene rings is 2. The van der Waals surface area contributed by atoms with Crippen molar-refractivity contribution in [2.75, 3.05) is 94.9 Å². The highest BCUT2D eigenvalue weighted by molar-refractivity contribution is 7.92. The Labute approximate surface area is 504 Å². The van der Waals surface area contributed by atoms with Crippen molar-refractivity contribution in [1.82, 2.24) is 44.9 Å². The standard InChI is InChI=1S/C60H77F2N11O11S2/c1-7-30-86(79,80)69-47-13-12-46(61)55(53(47)62)72-36-45(42-33-63-37-64-34-42)54-48(72)14-15-50(67-54)70(6)43-16-20-71(21-17-43)52(76)19-23-82-25-27-84-29-28-83-26-24-81-22-18-51(75)68-57(60(3,4)5)59(78)73-35-44(74)31-49(73)58(77)65-32-40-8-10-41(11-9-40)56-39(2)66-38-85-56/h8-15,33-34,36-38,43-44,49,57,69,74H,7,16-32,35H2,1-6H3,(H,65,77)(H,68,75)/t44-,49+,57-/m1/s1. The highest BCUT2D eigenvalue weighted by Gasteiger charge is 2.44. The molecule has 0 radical (unpaired) electrons. The Morgan fingerprint density at radius 1 is 0.872 bits per heavy atom. The van der Waals surface area contributed by atoms with Gasteiger partial charge in [0, 0.05) is 81.8 Å². The number of amides is 4. The van der Waals surface area contributed by atoms with Crippen molar-refractivity contribution >= 4 is 67.5 Å². The van der Waals surface area contributed by atoms with Crippen molar-refractivity contribution in [2.45, 2.75) is 104 Å². The summed E-state index contributed by atoms with van der Waals surface area (Å²) in [7, 11) is -1.96. The molecule has 0 aliphatic carbocycles. The number of aliphatic hydroxyl groups excluding tert-OH is 1. The zero-order valence-electron chi connectivity index (χ0n) is 49.4. The molecule has 0 spiro atoms. The van der Waals surface area contributed by atoms with Gasteiger partial charge in [0.2, 0.25) is 33.7 Å².